The molecular formula is C46H63FN6. The molecule has 0 aliphatic carbocycles. The fourth-order valence-electron chi connectivity index (χ4n) is 6.01. The van der Waals surface area contributed by atoms with Gasteiger partial charge in [0.05, 0.1) is 11.0 Å². The van der Waals surface area contributed by atoms with E-state index in [0.717, 1.165) is 92.0 Å². The number of rotatable bonds is 14. The van der Waals surface area contributed by atoms with Gasteiger partial charge < -0.3 is 20.9 Å². The lowest BCUT2D eigenvalue weighted by atomic mass is 9.93. The van der Waals surface area contributed by atoms with Crippen molar-refractivity contribution in [1.29, 1.82) is 0 Å². The molecule has 0 bridgehead atoms. The topological polar surface area (TPSA) is 80.6 Å². The number of halogens is 1. The van der Waals surface area contributed by atoms with Gasteiger partial charge in [-0.05, 0) is 136 Å². The molecule has 2 aromatic heterocycles. The van der Waals surface area contributed by atoms with Crippen LogP contribution in [0.5, 0.6) is 0 Å². The molecule has 1 aliphatic rings. The van der Waals surface area contributed by atoms with Crippen LogP contribution in [-0.4, -0.2) is 35.3 Å². The molecule has 3 heterocycles. The molecule has 53 heavy (non-hydrogen) atoms. The van der Waals surface area contributed by atoms with E-state index in [4.69, 9.17) is 0 Å². The van der Waals surface area contributed by atoms with Crippen LogP contribution in [0.1, 0.15) is 69.3 Å². The van der Waals surface area contributed by atoms with Gasteiger partial charge in [-0.1, -0.05) is 64.5 Å². The number of aromatic nitrogens is 3. The number of H-pyrrole nitrogens is 2. The average molecular weight is 719 g/mol. The first kappa shape index (κ1) is 45.8. The minimum atomic E-state index is -0.279. The van der Waals surface area contributed by atoms with E-state index < -0.39 is 0 Å². The second-order valence-corrected chi connectivity index (χ2v) is 12.1. The zero-order chi connectivity index (χ0) is 39.9. The maximum atomic E-state index is 14.6. The van der Waals surface area contributed by atoms with E-state index in [2.05, 4.69) is 109 Å². The highest BCUT2D eigenvalue weighted by molar-refractivity contribution is 5.84. The molecule has 0 radical (unpaired) electrons. The van der Waals surface area contributed by atoms with Crippen LogP contribution < -0.4 is 26.5 Å². The van der Waals surface area contributed by atoms with Crippen LogP contribution in [0.25, 0.3) is 29.6 Å². The zero-order valence-electron chi connectivity index (χ0n) is 33.2. The van der Waals surface area contributed by atoms with Gasteiger partial charge in [-0.2, -0.15) is 5.10 Å². The van der Waals surface area contributed by atoms with Gasteiger partial charge in [0.25, 0.3) is 0 Å². The summed E-state index contributed by atoms with van der Waals surface area (Å²) in [6.07, 6.45) is 17.0. The summed E-state index contributed by atoms with van der Waals surface area (Å²) < 4.78 is 14.6. The smallest absolute Gasteiger partial charge is 0.124 e. The Labute approximate surface area is 318 Å². The number of aromatic amines is 2. The zero-order valence-corrected chi connectivity index (χ0v) is 33.2. The molecule has 1 aromatic carbocycles. The van der Waals surface area contributed by atoms with Crippen LogP contribution >= 0.6 is 0 Å². The van der Waals surface area contributed by atoms with Gasteiger partial charge in [0.2, 0.25) is 0 Å². The first-order valence-electron chi connectivity index (χ1n) is 18.2. The fraction of sp³-hybridized carbons (Fsp3) is 0.283. The first-order chi connectivity index (χ1) is 25.7. The summed E-state index contributed by atoms with van der Waals surface area (Å²) in [6.45, 7) is 41.4. The summed E-state index contributed by atoms with van der Waals surface area (Å²) in [5, 5.41) is 19.3. The lowest BCUT2D eigenvalue weighted by molar-refractivity contribution is 0.368. The summed E-state index contributed by atoms with van der Waals surface area (Å²) >= 11 is 0. The SMILES string of the molecule is C=C.C=C.C=C/C=C(/c1cc(F)cc(CNC)c1)c1cc(-c2n[nH]/c(=C/C=C(C)/C(/C=C(\C=C)NC(=C)CC3CCNCC3)=C/C)c2=C)[nH]c1C.CC. The molecule has 5 N–H and O–H groups in total. The van der Waals surface area contributed by atoms with Crippen molar-refractivity contribution in [3.8, 4) is 11.4 Å². The molecule has 0 amide bonds. The third kappa shape index (κ3) is 13.7. The van der Waals surface area contributed by atoms with Crippen molar-refractivity contribution >= 4 is 18.2 Å². The molecule has 284 valence electrons. The Hall–Kier alpha value is -5.24. The maximum absolute atomic E-state index is 14.6. The van der Waals surface area contributed by atoms with Crippen LogP contribution in [0.2, 0.25) is 0 Å². The van der Waals surface area contributed by atoms with Gasteiger partial charge in [-0.15, -0.1) is 26.3 Å². The molecule has 3 aromatic rings. The molecule has 1 saturated heterocycles. The molecule has 0 unspecified atom stereocenters. The Balaban J connectivity index is 0.00000222. The van der Waals surface area contributed by atoms with Crippen molar-refractivity contribution in [3.05, 3.63) is 168 Å². The van der Waals surface area contributed by atoms with Gasteiger partial charge in [0.15, 0.2) is 0 Å². The second-order valence-electron chi connectivity index (χ2n) is 12.1. The van der Waals surface area contributed by atoms with Gasteiger partial charge in [-0.25, -0.2) is 4.39 Å². The minimum absolute atomic E-state index is 0.279. The monoisotopic (exact) mass is 719 g/mol. The summed E-state index contributed by atoms with van der Waals surface area (Å²) in [5.74, 6) is 0.381. The number of hydrogen-bond acceptors (Lipinski definition) is 4. The van der Waals surface area contributed by atoms with Gasteiger partial charge in [0.1, 0.15) is 11.5 Å². The molecular weight excluding hydrogens is 656 g/mol. The maximum Gasteiger partial charge on any atom is 0.124 e. The molecule has 0 saturated carbocycles. The standard InChI is InChI=1S/C40H49FN6.C2H6.2C2H4/c1-9-12-36(33-20-31(25-42-8)21-34(41)22-33)37-24-39(45-29(37)7)40-28(6)38(46-47-40)14-13-26(4)32(10-2)23-35(11-3)44-27(5)19-30-15-17-43-18-16-30;3*1-2/h9-14,20-24,30,42-46H,1,3,5-6,15-19,25H2,2,4,7-8H3;1-2H3;2*1-2H2/b26-13+,32-10+,35-23+,36-12-,38-14+;;;. The molecule has 7 heteroatoms. The van der Waals surface area contributed by atoms with Crippen LogP contribution in [0.4, 0.5) is 4.39 Å². The van der Waals surface area contributed by atoms with Gasteiger partial charge in [0, 0.05) is 34.4 Å². The lowest BCUT2D eigenvalue weighted by Gasteiger charge is -2.24. The Morgan fingerprint density at radius 1 is 1.04 bits per heavy atom. The van der Waals surface area contributed by atoms with Crippen molar-refractivity contribution in [3.63, 3.8) is 0 Å². The Morgan fingerprint density at radius 3 is 2.32 bits per heavy atom. The van der Waals surface area contributed by atoms with E-state index in [0.29, 0.717) is 12.5 Å². The third-order valence-corrected chi connectivity index (χ3v) is 8.51. The number of aryl methyl sites for hydroxylation is 1. The Morgan fingerprint density at radius 2 is 1.72 bits per heavy atom. The van der Waals surface area contributed by atoms with E-state index in [9.17, 15) is 4.39 Å². The summed E-state index contributed by atoms with van der Waals surface area (Å²) in [6, 6.07) is 7.14. The number of nitrogens with zero attached hydrogens (tertiary/aromatic N) is 1. The molecule has 0 atom stereocenters. The van der Waals surface area contributed by atoms with Crippen molar-refractivity contribution in [2.75, 3.05) is 20.1 Å². The van der Waals surface area contributed by atoms with Crippen LogP contribution in [-0.2, 0) is 6.54 Å². The van der Waals surface area contributed by atoms with Crippen LogP contribution in [0.3, 0.4) is 0 Å². The first-order valence-corrected chi connectivity index (χ1v) is 18.2. The molecule has 4 rings (SSSR count). The van der Waals surface area contributed by atoms with Gasteiger partial charge in [-0.3, -0.25) is 5.10 Å². The molecule has 0 spiro atoms. The normalized spacial score (nSPS) is 14.1. The average Bonchev–Trinajstić information content (AvgIpc) is 3.74. The summed E-state index contributed by atoms with van der Waals surface area (Å²) in [5.41, 5.74) is 10.0. The number of piperidine rings is 1. The Kier molecular flexibility index (Phi) is 21.5. The van der Waals surface area contributed by atoms with Crippen LogP contribution in [0.15, 0.2) is 129 Å². The van der Waals surface area contributed by atoms with E-state index in [-0.39, 0.29) is 5.82 Å². The number of allylic oxidation sites excluding steroid dienone is 9. The van der Waals surface area contributed by atoms with Crippen LogP contribution in [0, 0.1) is 18.7 Å². The van der Waals surface area contributed by atoms with Crippen molar-refractivity contribution < 1.29 is 4.39 Å². The Bertz CT molecular complexity index is 1870. The third-order valence-electron chi connectivity index (χ3n) is 8.51. The summed E-state index contributed by atoms with van der Waals surface area (Å²) in [4.78, 5) is 3.46. The van der Waals surface area contributed by atoms with E-state index in [1.807, 2.05) is 65.1 Å². The second kappa shape index (κ2) is 24.9. The highest BCUT2D eigenvalue weighted by atomic mass is 19.1. The van der Waals surface area contributed by atoms with Crippen molar-refractivity contribution in [2.45, 2.75) is 60.4 Å². The fourth-order valence-corrected chi connectivity index (χ4v) is 6.01. The van der Waals surface area contributed by atoms with E-state index in [1.165, 1.54) is 12.8 Å². The van der Waals surface area contributed by atoms with Crippen molar-refractivity contribution in [2.24, 2.45) is 5.92 Å². The van der Waals surface area contributed by atoms with E-state index in [1.54, 1.807) is 18.2 Å². The quantitative estimate of drug-likeness (QED) is 0.0850. The highest BCUT2D eigenvalue weighted by Gasteiger charge is 2.16. The number of nitrogens with one attached hydrogen (secondary N) is 5. The molecule has 6 nitrogen and oxygen atoms in total. The predicted octanol–water partition coefficient (Wildman–Crippen LogP) is 9.47. The molecule has 1 fully saturated rings. The summed E-state index contributed by atoms with van der Waals surface area (Å²) in [7, 11) is 1.85. The number of hydrogen-bond donors (Lipinski definition) is 5. The highest BCUT2D eigenvalue weighted by Crippen LogP contribution is 2.30. The van der Waals surface area contributed by atoms with E-state index >= 15 is 0 Å². The van der Waals surface area contributed by atoms with Crippen molar-refractivity contribution in [1.82, 2.24) is 31.1 Å². The minimum Gasteiger partial charge on any atom is -0.359 e. The largest absolute Gasteiger partial charge is 0.359 e. The predicted molar refractivity (Wildman–Crippen MR) is 231 cm³/mol. The lowest BCUT2D eigenvalue weighted by Crippen LogP contribution is -2.28. The van der Waals surface area contributed by atoms with Gasteiger partial charge >= 0.3 is 0 Å². The molecule has 1 aliphatic heterocycles. The number of benzene rings is 1.